The number of benzene rings is 1. The van der Waals surface area contributed by atoms with Crippen molar-refractivity contribution < 1.29 is 4.39 Å². The van der Waals surface area contributed by atoms with Crippen LogP contribution in [-0.2, 0) is 0 Å². The number of nitrogens with one attached hydrogen (secondary N) is 1. The number of halogens is 1. The van der Waals surface area contributed by atoms with Gasteiger partial charge in [-0.1, -0.05) is 13.8 Å². The fourth-order valence-corrected chi connectivity index (χ4v) is 3.64. The number of nitrogens with zero attached hydrogens (tertiary/aromatic N) is 1. The number of hydrogen-bond donors (Lipinski definition) is 1. The van der Waals surface area contributed by atoms with Gasteiger partial charge in [-0.25, -0.2) is 4.39 Å². The number of piperidine rings is 1. The largest absolute Gasteiger partial charge is 0.366 e. The van der Waals surface area contributed by atoms with E-state index >= 15 is 0 Å². The van der Waals surface area contributed by atoms with Gasteiger partial charge in [-0.3, -0.25) is 0 Å². The Morgan fingerprint density at radius 3 is 2.67 bits per heavy atom. The monoisotopic (exact) mass is 248 g/mol. The van der Waals surface area contributed by atoms with E-state index in [1.807, 2.05) is 12.1 Å². The lowest BCUT2D eigenvalue weighted by atomic mass is 9.73. The highest BCUT2D eigenvalue weighted by molar-refractivity contribution is 5.49. The molecule has 3 saturated heterocycles. The molecule has 3 fully saturated rings. The SMILES string of the molecule is CC1(C)C[C@@H]2CNC[C@H]1N(c1ccc(F)cc1)C2. The van der Waals surface area contributed by atoms with E-state index in [1.54, 1.807) is 12.1 Å². The third kappa shape index (κ3) is 2.01. The van der Waals surface area contributed by atoms with Crippen LogP contribution in [0.2, 0.25) is 0 Å². The lowest BCUT2D eigenvalue weighted by Crippen LogP contribution is -2.53. The van der Waals surface area contributed by atoms with Crippen LogP contribution in [0.5, 0.6) is 0 Å². The molecule has 0 aliphatic carbocycles. The van der Waals surface area contributed by atoms with Crippen molar-refractivity contribution >= 4 is 5.69 Å². The predicted molar refractivity (Wildman–Crippen MR) is 72.3 cm³/mol. The van der Waals surface area contributed by atoms with Gasteiger partial charge in [-0.15, -0.1) is 0 Å². The van der Waals surface area contributed by atoms with Gasteiger partial charge in [0, 0.05) is 24.8 Å². The molecule has 2 bridgehead atoms. The van der Waals surface area contributed by atoms with E-state index in [0.717, 1.165) is 25.3 Å². The summed E-state index contributed by atoms with van der Waals surface area (Å²) in [4.78, 5) is 2.47. The van der Waals surface area contributed by atoms with Crippen LogP contribution in [0, 0.1) is 17.2 Å². The summed E-state index contributed by atoms with van der Waals surface area (Å²) in [6, 6.07) is 7.45. The molecular formula is C15H21FN2. The molecule has 3 aliphatic rings. The van der Waals surface area contributed by atoms with E-state index in [-0.39, 0.29) is 5.82 Å². The second kappa shape index (κ2) is 4.23. The van der Waals surface area contributed by atoms with Gasteiger partial charge in [0.25, 0.3) is 0 Å². The zero-order valence-electron chi connectivity index (χ0n) is 11.1. The number of hydrogen-bond acceptors (Lipinski definition) is 2. The zero-order chi connectivity index (χ0) is 12.8. The summed E-state index contributed by atoms with van der Waals surface area (Å²) in [6.07, 6.45) is 1.28. The Balaban J connectivity index is 1.94. The molecule has 0 saturated carbocycles. The summed E-state index contributed by atoms with van der Waals surface area (Å²) in [7, 11) is 0. The van der Waals surface area contributed by atoms with Crippen molar-refractivity contribution in [1.29, 1.82) is 0 Å². The average molecular weight is 248 g/mol. The average Bonchev–Trinajstić information content (AvgIpc) is 2.59. The maximum Gasteiger partial charge on any atom is 0.123 e. The minimum Gasteiger partial charge on any atom is -0.366 e. The van der Waals surface area contributed by atoms with Crippen molar-refractivity contribution in [2.45, 2.75) is 26.3 Å². The molecule has 2 nitrogen and oxygen atoms in total. The van der Waals surface area contributed by atoms with Crippen molar-refractivity contribution in [3.05, 3.63) is 30.1 Å². The molecule has 3 heteroatoms. The molecular weight excluding hydrogens is 227 g/mol. The minimum atomic E-state index is -0.156. The molecule has 3 aliphatic heterocycles. The fourth-order valence-electron chi connectivity index (χ4n) is 3.64. The van der Waals surface area contributed by atoms with Crippen LogP contribution in [-0.4, -0.2) is 25.7 Å². The number of fused-ring (bicyclic) bond motifs is 4. The smallest absolute Gasteiger partial charge is 0.123 e. The highest BCUT2D eigenvalue weighted by atomic mass is 19.1. The van der Waals surface area contributed by atoms with Gasteiger partial charge < -0.3 is 10.2 Å². The first-order valence-corrected chi connectivity index (χ1v) is 6.79. The lowest BCUT2D eigenvalue weighted by Gasteiger charge is -2.48. The maximum absolute atomic E-state index is 13.0. The molecule has 2 atom stereocenters. The van der Waals surface area contributed by atoms with Gasteiger partial charge in [0.05, 0.1) is 0 Å². The molecule has 1 aromatic carbocycles. The van der Waals surface area contributed by atoms with Crippen LogP contribution < -0.4 is 10.2 Å². The Hall–Kier alpha value is -1.09. The van der Waals surface area contributed by atoms with Crippen LogP contribution in [0.4, 0.5) is 10.1 Å². The summed E-state index contributed by atoms with van der Waals surface area (Å²) in [5.41, 5.74) is 1.48. The Kier molecular flexibility index (Phi) is 2.81. The molecule has 1 N–H and O–H groups in total. The Morgan fingerprint density at radius 1 is 1.22 bits per heavy atom. The minimum absolute atomic E-state index is 0.156. The zero-order valence-corrected chi connectivity index (χ0v) is 11.1. The molecule has 0 unspecified atom stereocenters. The van der Waals surface area contributed by atoms with E-state index in [4.69, 9.17) is 0 Å². The predicted octanol–water partition coefficient (Wildman–Crippen LogP) is 2.65. The van der Waals surface area contributed by atoms with E-state index < -0.39 is 0 Å². The highest BCUT2D eigenvalue weighted by Gasteiger charge is 2.43. The fraction of sp³-hybridized carbons (Fsp3) is 0.600. The molecule has 3 heterocycles. The first-order valence-electron chi connectivity index (χ1n) is 6.79. The van der Waals surface area contributed by atoms with Crippen molar-refractivity contribution in [3.8, 4) is 0 Å². The molecule has 0 radical (unpaired) electrons. The lowest BCUT2D eigenvalue weighted by molar-refractivity contribution is 0.192. The first-order chi connectivity index (χ1) is 8.56. The highest BCUT2D eigenvalue weighted by Crippen LogP contribution is 2.41. The van der Waals surface area contributed by atoms with Gasteiger partial charge in [-0.2, -0.15) is 0 Å². The summed E-state index contributed by atoms with van der Waals surface area (Å²) in [5, 5.41) is 3.56. The quantitative estimate of drug-likeness (QED) is 0.822. The second-order valence-electron chi connectivity index (χ2n) is 6.36. The van der Waals surface area contributed by atoms with Crippen molar-refractivity contribution in [3.63, 3.8) is 0 Å². The molecule has 0 aromatic heterocycles. The third-order valence-electron chi connectivity index (χ3n) is 4.48. The van der Waals surface area contributed by atoms with Crippen molar-refractivity contribution in [2.75, 3.05) is 24.5 Å². The van der Waals surface area contributed by atoms with Crippen LogP contribution in [0.3, 0.4) is 0 Å². The van der Waals surface area contributed by atoms with Crippen molar-refractivity contribution in [2.24, 2.45) is 11.3 Å². The van der Waals surface area contributed by atoms with Crippen LogP contribution in [0.1, 0.15) is 20.3 Å². The molecule has 1 aromatic rings. The Morgan fingerprint density at radius 2 is 1.94 bits per heavy atom. The standard InChI is InChI=1S/C15H21FN2/c1-15(2)7-11-8-17-9-14(15)18(10-11)13-5-3-12(16)4-6-13/h3-6,11,14,17H,7-10H2,1-2H3/t11-,14-/m1/s1. The van der Waals surface area contributed by atoms with Gasteiger partial charge in [0.2, 0.25) is 0 Å². The molecule has 4 rings (SSSR count). The molecule has 0 amide bonds. The van der Waals surface area contributed by atoms with Gasteiger partial charge in [-0.05, 0) is 48.6 Å². The second-order valence-corrected chi connectivity index (χ2v) is 6.36. The van der Waals surface area contributed by atoms with E-state index in [9.17, 15) is 4.39 Å². The van der Waals surface area contributed by atoms with Gasteiger partial charge in [0.1, 0.15) is 5.82 Å². The summed E-state index contributed by atoms with van der Waals surface area (Å²) in [5.74, 6) is 0.542. The van der Waals surface area contributed by atoms with E-state index in [1.165, 1.54) is 6.42 Å². The van der Waals surface area contributed by atoms with Gasteiger partial charge >= 0.3 is 0 Å². The van der Waals surface area contributed by atoms with E-state index in [0.29, 0.717) is 17.4 Å². The third-order valence-corrected chi connectivity index (χ3v) is 4.48. The van der Waals surface area contributed by atoms with Gasteiger partial charge in [0.15, 0.2) is 0 Å². The van der Waals surface area contributed by atoms with E-state index in [2.05, 4.69) is 24.1 Å². The molecule has 0 spiro atoms. The summed E-state index contributed by atoms with van der Waals surface area (Å²) in [6.45, 7) is 7.94. The first kappa shape index (κ1) is 12.0. The van der Waals surface area contributed by atoms with Crippen LogP contribution >= 0.6 is 0 Å². The van der Waals surface area contributed by atoms with Crippen LogP contribution in [0.15, 0.2) is 24.3 Å². The Labute approximate surface area is 108 Å². The number of rotatable bonds is 1. The maximum atomic E-state index is 13.0. The number of anilines is 1. The summed E-state index contributed by atoms with van der Waals surface area (Å²) >= 11 is 0. The molecule has 18 heavy (non-hydrogen) atoms. The van der Waals surface area contributed by atoms with Crippen LogP contribution in [0.25, 0.3) is 0 Å². The molecule has 98 valence electrons. The van der Waals surface area contributed by atoms with Crippen molar-refractivity contribution in [1.82, 2.24) is 5.32 Å². The topological polar surface area (TPSA) is 15.3 Å². The summed E-state index contributed by atoms with van der Waals surface area (Å²) < 4.78 is 13.0. The Bertz CT molecular complexity index is 427. The normalized spacial score (nSPS) is 30.3.